The summed E-state index contributed by atoms with van der Waals surface area (Å²) < 4.78 is 5.21. The van der Waals surface area contributed by atoms with E-state index in [1.165, 1.54) is 13.3 Å². The van der Waals surface area contributed by atoms with Gasteiger partial charge in [0.2, 0.25) is 0 Å². The molecule has 0 saturated heterocycles. The van der Waals surface area contributed by atoms with Gasteiger partial charge in [-0.25, -0.2) is 0 Å². The summed E-state index contributed by atoms with van der Waals surface area (Å²) in [5.74, 6) is 1.36. The van der Waals surface area contributed by atoms with Crippen LogP contribution in [0.5, 0.6) is 5.75 Å². The predicted octanol–water partition coefficient (Wildman–Crippen LogP) is 3.57. The molecule has 0 aromatic heterocycles. The van der Waals surface area contributed by atoms with Crippen molar-refractivity contribution in [1.29, 1.82) is 0 Å². The van der Waals surface area contributed by atoms with Gasteiger partial charge in [-0.1, -0.05) is 26.3 Å². The Morgan fingerprint density at radius 3 is 2.73 bits per heavy atom. The Morgan fingerprint density at radius 2 is 2.04 bits per heavy atom. The van der Waals surface area contributed by atoms with E-state index in [-0.39, 0.29) is 17.3 Å². The monoisotopic (exact) mass is 358 g/mol. The van der Waals surface area contributed by atoms with Gasteiger partial charge in [0.1, 0.15) is 11.4 Å². The van der Waals surface area contributed by atoms with E-state index in [1.54, 1.807) is 6.07 Å². The van der Waals surface area contributed by atoms with E-state index in [1.807, 2.05) is 12.1 Å². The van der Waals surface area contributed by atoms with Crippen LogP contribution in [0, 0.1) is 23.2 Å². The lowest BCUT2D eigenvalue weighted by Gasteiger charge is -2.57. The number of carbonyl (C=O) groups is 1. The third kappa shape index (κ3) is 2.38. The van der Waals surface area contributed by atoms with Crippen LogP contribution in [0.1, 0.15) is 64.0 Å². The second-order valence-electron chi connectivity index (χ2n) is 8.90. The number of aliphatic hydroxyl groups is 2. The minimum Gasteiger partial charge on any atom is -0.427 e. The standard InChI is InChI=1S/C22H30O4/c1-4-15-6-9-18-19-8-5-14-11-16(26-13(2)23)7-10-17(14)22(19,25)20(24)12-21(15,18)3/h7,10-11,15,18-20,24-25H,4-6,8-9,12H2,1-3H3/t15-,18-,19-,20-,21+,22-/m0/s1. The maximum atomic E-state index is 11.7. The molecule has 2 N–H and O–H groups in total. The first kappa shape index (κ1) is 18.0. The molecule has 2 fully saturated rings. The Hall–Kier alpha value is -1.39. The van der Waals surface area contributed by atoms with Crippen LogP contribution in [-0.2, 0) is 16.8 Å². The molecule has 0 bridgehead atoms. The van der Waals surface area contributed by atoms with Crippen molar-refractivity contribution < 1.29 is 19.7 Å². The van der Waals surface area contributed by atoms with Crippen molar-refractivity contribution in [2.75, 3.05) is 0 Å². The fourth-order valence-corrected chi connectivity index (χ4v) is 6.63. The number of hydrogen-bond acceptors (Lipinski definition) is 4. The van der Waals surface area contributed by atoms with Crippen molar-refractivity contribution >= 4 is 5.97 Å². The van der Waals surface area contributed by atoms with Crippen molar-refractivity contribution in [2.45, 2.75) is 71.0 Å². The number of hydrogen-bond donors (Lipinski definition) is 2. The fourth-order valence-electron chi connectivity index (χ4n) is 6.63. The van der Waals surface area contributed by atoms with Gasteiger partial charge in [0, 0.05) is 6.92 Å². The first-order valence-electron chi connectivity index (χ1n) is 10.0. The molecule has 3 aliphatic carbocycles. The summed E-state index contributed by atoms with van der Waals surface area (Å²) >= 11 is 0. The zero-order valence-electron chi connectivity index (χ0n) is 16.0. The van der Waals surface area contributed by atoms with Gasteiger partial charge < -0.3 is 14.9 Å². The maximum absolute atomic E-state index is 11.7. The van der Waals surface area contributed by atoms with Gasteiger partial charge in [-0.05, 0) is 78.5 Å². The highest BCUT2D eigenvalue weighted by Gasteiger charge is 2.63. The molecule has 1 aromatic rings. The van der Waals surface area contributed by atoms with Crippen molar-refractivity contribution in [3.8, 4) is 5.75 Å². The molecule has 4 heteroatoms. The van der Waals surface area contributed by atoms with Gasteiger partial charge in [-0.3, -0.25) is 4.79 Å². The molecule has 0 heterocycles. The van der Waals surface area contributed by atoms with E-state index in [4.69, 9.17) is 4.74 Å². The number of carbonyl (C=O) groups excluding carboxylic acids is 1. The van der Waals surface area contributed by atoms with E-state index in [0.29, 0.717) is 24.0 Å². The van der Waals surface area contributed by atoms with E-state index >= 15 is 0 Å². The summed E-state index contributed by atoms with van der Waals surface area (Å²) in [5, 5.41) is 22.9. The molecule has 26 heavy (non-hydrogen) atoms. The number of rotatable bonds is 2. The summed E-state index contributed by atoms with van der Waals surface area (Å²) in [6.45, 7) is 5.97. The largest absolute Gasteiger partial charge is 0.427 e. The minimum absolute atomic E-state index is 0.0971. The molecule has 1 aromatic carbocycles. The van der Waals surface area contributed by atoms with Crippen LogP contribution in [0.25, 0.3) is 0 Å². The van der Waals surface area contributed by atoms with Crippen molar-refractivity contribution in [3.05, 3.63) is 29.3 Å². The molecule has 142 valence electrons. The van der Waals surface area contributed by atoms with Gasteiger partial charge in [-0.2, -0.15) is 0 Å². The predicted molar refractivity (Wildman–Crippen MR) is 98.7 cm³/mol. The summed E-state index contributed by atoms with van der Waals surface area (Å²) in [6.07, 6.45) is 5.14. The number of benzene rings is 1. The van der Waals surface area contributed by atoms with Gasteiger partial charge in [-0.15, -0.1) is 0 Å². The van der Waals surface area contributed by atoms with Gasteiger partial charge >= 0.3 is 5.97 Å². The van der Waals surface area contributed by atoms with E-state index < -0.39 is 11.7 Å². The Morgan fingerprint density at radius 1 is 1.27 bits per heavy atom. The third-order valence-corrected chi connectivity index (χ3v) is 7.79. The molecule has 4 rings (SSSR count). The van der Waals surface area contributed by atoms with Crippen LogP contribution in [-0.4, -0.2) is 22.3 Å². The molecule has 4 nitrogen and oxygen atoms in total. The van der Waals surface area contributed by atoms with Crippen molar-refractivity contribution in [3.63, 3.8) is 0 Å². The lowest BCUT2D eigenvalue weighted by atomic mass is 9.51. The Balaban J connectivity index is 1.74. The van der Waals surface area contributed by atoms with Gasteiger partial charge in [0.15, 0.2) is 0 Å². The molecule has 2 saturated carbocycles. The fraction of sp³-hybridized carbons (Fsp3) is 0.682. The molecule has 6 atom stereocenters. The maximum Gasteiger partial charge on any atom is 0.308 e. The van der Waals surface area contributed by atoms with E-state index in [0.717, 1.165) is 36.8 Å². The number of esters is 1. The van der Waals surface area contributed by atoms with Crippen molar-refractivity contribution in [2.24, 2.45) is 23.2 Å². The zero-order chi connectivity index (χ0) is 18.7. The minimum atomic E-state index is -1.19. The van der Waals surface area contributed by atoms with Gasteiger partial charge in [0.05, 0.1) is 6.10 Å². The Kier molecular flexibility index (Phi) is 4.20. The molecule has 0 amide bonds. The molecule has 0 spiro atoms. The number of aliphatic hydroxyl groups excluding tert-OH is 1. The highest BCUT2D eigenvalue weighted by Crippen LogP contribution is 2.64. The summed E-state index contributed by atoms with van der Waals surface area (Å²) in [7, 11) is 0. The lowest BCUT2D eigenvalue weighted by Crippen LogP contribution is -2.59. The van der Waals surface area contributed by atoms with Crippen LogP contribution in [0.3, 0.4) is 0 Å². The second-order valence-corrected chi connectivity index (χ2v) is 8.90. The number of aryl methyl sites for hydroxylation is 1. The summed E-state index contributed by atoms with van der Waals surface area (Å²) in [6, 6.07) is 5.46. The molecule has 0 unspecified atom stereocenters. The zero-order valence-corrected chi connectivity index (χ0v) is 16.0. The van der Waals surface area contributed by atoms with E-state index in [2.05, 4.69) is 13.8 Å². The third-order valence-electron chi connectivity index (χ3n) is 7.79. The number of ether oxygens (including phenoxy) is 1. The average Bonchev–Trinajstić information content (AvgIpc) is 2.90. The lowest BCUT2D eigenvalue weighted by molar-refractivity contribution is -0.203. The van der Waals surface area contributed by atoms with E-state index in [9.17, 15) is 15.0 Å². The molecular weight excluding hydrogens is 328 g/mol. The molecule has 0 radical (unpaired) electrons. The van der Waals surface area contributed by atoms with Crippen LogP contribution in [0.2, 0.25) is 0 Å². The normalized spacial score (nSPS) is 41.1. The Bertz CT molecular complexity index is 729. The molecule has 3 aliphatic rings. The average molecular weight is 358 g/mol. The van der Waals surface area contributed by atoms with Crippen LogP contribution in [0.4, 0.5) is 0 Å². The second kappa shape index (κ2) is 6.07. The summed E-state index contributed by atoms with van der Waals surface area (Å²) in [5.41, 5.74) is 0.768. The van der Waals surface area contributed by atoms with Crippen LogP contribution < -0.4 is 4.74 Å². The smallest absolute Gasteiger partial charge is 0.308 e. The topological polar surface area (TPSA) is 66.8 Å². The first-order valence-corrected chi connectivity index (χ1v) is 10.0. The molecular formula is C22H30O4. The Labute approximate surface area is 155 Å². The van der Waals surface area contributed by atoms with Crippen LogP contribution in [0.15, 0.2) is 18.2 Å². The highest BCUT2D eigenvalue weighted by molar-refractivity contribution is 5.69. The van der Waals surface area contributed by atoms with Crippen molar-refractivity contribution in [1.82, 2.24) is 0 Å². The quantitative estimate of drug-likeness (QED) is 0.626. The van der Waals surface area contributed by atoms with Gasteiger partial charge in [0.25, 0.3) is 0 Å². The SMILES string of the molecule is CC[C@H]1CC[C@H]2[C@@H]3CCc4cc(OC(C)=O)ccc4[C@@]3(O)[C@@H](O)C[C@]12C. The van der Waals surface area contributed by atoms with Crippen LogP contribution >= 0.6 is 0 Å². The molecule has 0 aliphatic heterocycles. The first-order chi connectivity index (χ1) is 12.3. The highest BCUT2D eigenvalue weighted by atomic mass is 16.5. The summed E-state index contributed by atoms with van der Waals surface area (Å²) in [4.78, 5) is 11.2. The number of fused-ring (bicyclic) bond motifs is 5.